The summed E-state index contributed by atoms with van der Waals surface area (Å²) < 4.78 is 23.0. The van der Waals surface area contributed by atoms with Gasteiger partial charge in [-0.25, -0.2) is 8.42 Å². The predicted octanol–water partition coefficient (Wildman–Crippen LogP) is -0.0518. The molecule has 1 saturated heterocycles. The van der Waals surface area contributed by atoms with Gasteiger partial charge >= 0.3 is 5.97 Å². The number of carboxylic acids is 1. The average Bonchev–Trinajstić information content (AvgIpc) is 2.29. The Hall–Kier alpha value is -0.660. The van der Waals surface area contributed by atoms with Gasteiger partial charge in [0.05, 0.1) is 11.5 Å². The molecule has 1 aliphatic heterocycles. The zero-order chi connectivity index (χ0) is 14.7. The first-order valence-electron chi connectivity index (χ1n) is 6.63. The van der Waals surface area contributed by atoms with Crippen molar-refractivity contribution in [3.05, 3.63) is 0 Å². The van der Waals surface area contributed by atoms with Crippen LogP contribution in [-0.2, 0) is 14.6 Å². The Bertz CT molecular complexity index is 423. The molecule has 0 aliphatic carbocycles. The van der Waals surface area contributed by atoms with Crippen molar-refractivity contribution in [1.82, 2.24) is 10.2 Å². The molecule has 6 nitrogen and oxygen atoms in total. The molecule has 7 heteroatoms. The van der Waals surface area contributed by atoms with Crippen LogP contribution in [0.4, 0.5) is 0 Å². The minimum Gasteiger partial charge on any atom is -0.480 e. The fourth-order valence-corrected chi connectivity index (χ4v) is 3.90. The van der Waals surface area contributed by atoms with Crippen LogP contribution < -0.4 is 5.32 Å². The summed E-state index contributed by atoms with van der Waals surface area (Å²) in [5.41, 5.74) is -1.04. The second-order valence-electron chi connectivity index (χ2n) is 5.50. The standard InChI is InChI=1S/C12H24N2O4S/c1-4-5-13-12(3,11(15)16)9-14-6-7-19(17,18)8-10(14)2/h10,13H,4-9H2,1-3H3,(H,15,16). The van der Waals surface area contributed by atoms with E-state index >= 15 is 0 Å². The van der Waals surface area contributed by atoms with Gasteiger partial charge in [0, 0.05) is 19.1 Å². The average molecular weight is 292 g/mol. The quantitative estimate of drug-likeness (QED) is 0.714. The van der Waals surface area contributed by atoms with Crippen molar-refractivity contribution in [2.45, 2.75) is 38.8 Å². The van der Waals surface area contributed by atoms with Gasteiger partial charge in [-0.05, 0) is 26.8 Å². The lowest BCUT2D eigenvalue weighted by atomic mass is 10.0. The number of hydrogen-bond acceptors (Lipinski definition) is 5. The first-order valence-corrected chi connectivity index (χ1v) is 8.45. The van der Waals surface area contributed by atoms with Crippen LogP contribution in [0.5, 0.6) is 0 Å². The molecule has 0 saturated carbocycles. The molecule has 19 heavy (non-hydrogen) atoms. The molecule has 1 fully saturated rings. The van der Waals surface area contributed by atoms with Crippen LogP contribution in [0.1, 0.15) is 27.2 Å². The van der Waals surface area contributed by atoms with Gasteiger partial charge in [0.15, 0.2) is 9.84 Å². The van der Waals surface area contributed by atoms with E-state index in [2.05, 4.69) is 5.32 Å². The molecular weight excluding hydrogens is 268 g/mol. The molecule has 0 spiro atoms. The van der Waals surface area contributed by atoms with E-state index in [1.165, 1.54) is 0 Å². The third-order valence-electron chi connectivity index (χ3n) is 3.56. The number of nitrogens with zero attached hydrogens (tertiary/aromatic N) is 1. The smallest absolute Gasteiger partial charge is 0.324 e. The maximum absolute atomic E-state index is 11.5. The van der Waals surface area contributed by atoms with Crippen molar-refractivity contribution in [3.63, 3.8) is 0 Å². The Morgan fingerprint density at radius 3 is 2.63 bits per heavy atom. The minimum atomic E-state index is -2.97. The van der Waals surface area contributed by atoms with Gasteiger partial charge in [-0.2, -0.15) is 0 Å². The van der Waals surface area contributed by atoms with Crippen molar-refractivity contribution >= 4 is 15.8 Å². The molecule has 0 radical (unpaired) electrons. The summed E-state index contributed by atoms with van der Waals surface area (Å²) in [5, 5.41) is 12.4. The highest BCUT2D eigenvalue weighted by Gasteiger charge is 2.38. The number of hydrogen-bond donors (Lipinski definition) is 2. The van der Waals surface area contributed by atoms with Crippen molar-refractivity contribution in [2.24, 2.45) is 0 Å². The van der Waals surface area contributed by atoms with E-state index in [1.54, 1.807) is 6.92 Å². The molecule has 0 amide bonds. The van der Waals surface area contributed by atoms with E-state index in [0.29, 0.717) is 19.6 Å². The van der Waals surface area contributed by atoms with E-state index in [4.69, 9.17) is 0 Å². The second kappa shape index (κ2) is 6.19. The molecule has 0 bridgehead atoms. The van der Waals surface area contributed by atoms with Crippen LogP contribution in [0, 0.1) is 0 Å². The van der Waals surface area contributed by atoms with E-state index < -0.39 is 21.3 Å². The fourth-order valence-electron chi connectivity index (χ4n) is 2.27. The lowest BCUT2D eigenvalue weighted by molar-refractivity contribution is -0.145. The maximum Gasteiger partial charge on any atom is 0.324 e. The monoisotopic (exact) mass is 292 g/mol. The molecule has 2 atom stereocenters. The van der Waals surface area contributed by atoms with E-state index in [0.717, 1.165) is 6.42 Å². The summed E-state index contributed by atoms with van der Waals surface area (Å²) in [7, 11) is -2.97. The summed E-state index contributed by atoms with van der Waals surface area (Å²) in [5.74, 6) is -0.682. The number of nitrogens with one attached hydrogen (secondary N) is 1. The Morgan fingerprint density at radius 1 is 1.53 bits per heavy atom. The van der Waals surface area contributed by atoms with E-state index in [-0.39, 0.29) is 17.5 Å². The van der Waals surface area contributed by atoms with Crippen LogP contribution in [-0.4, -0.2) is 67.1 Å². The van der Waals surface area contributed by atoms with Gasteiger partial charge < -0.3 is 10.4 Å². The van der Waals surface area contributed by atoms with E-state index in [1.807, 2.05) is 18.7 Å². The van der Waals surface area contributed by atoms with Gasteiger partial charge in [-0.3, -0.25) is 9.69 Å². The molecule has 2 unspecified atom stereocenters. The van der Waals surface area contributed by atoms with Crippen molar-refractivity contribution in [1.29, 1.82) is 0 Å². The molecule has 1 heterocycles. The maximum atomic E-state index is 11.5. The minimum absolute atomic E-state index is 0.108. The molecule has 112 valence electrons. The summed E-state index contributed by atoms with van der Waals surface area (Å²) in [4.78, 5) is 13.4. The molecule has 1 rings (SSSR count). The number of rotatable bonds is 6. The number of carboxylic acid groups (broad SMARTS) is 1. The van der Waals surface area contributed by atoms with Gasteiger partial charge in [0.25, 0.3) is 0 Å². The van der Waals surface area contributed by atoms with Crippen LogP contribution in [0.25, 0.3) is 0 Å². The summed E-state index contributed by atoms with van der Waals surface area (Å²) in [6, 6.07) is -0.138. The second-order valence-corrected chi connectivity index (χ2v) is 7.73. The largest absolute Gasteiger partial charge is 0.480 e. The number of aliphatic carboxylic acids is 1. The summed E-state index contributed by atoms with van der Waals surface area (Å²) >= 11 is 0. The number of sulfone groups is 1. The molecular formula is C12H24N2O4S. The Morgan fingerprint density at radius 2 is 2.16 bits per heavy atom. The Kier molecular flexibility index (Phi) is 5.34. The molecule has 0 aromatic rings. The normalized spacial score (nSPS) is 26.8. The van der Waals surface area contributed by atoms with Crippen molar-refractivity contribution in [3.8, 4) is 0 Å². The lowest BCUT2D eigenvalue weighted by Crippen LogP contribution is -2.60. The fraction of sp³-hybridized carbons (Fsp3) is 0.917. The molecule has 0 aromatic heterocycles. The first kappa shape index (κ1) is 16.4. The Labute approximate surface area is 115 Å². The highest BCUT2D eigenvalue weighted by Crippen LogP contribution is 2.16. The highest BCUT2D eigenvalue weighted by molar-refractivity contribution is 7.91. The van der Waals surface area contributed by atoms with E-state index in [9.17, 15) is 18.3 Å². The van der Waals surface area contributed by atoms with Crippen molar-refractivity contribution < 1.29 is 18.3 Å². The molecule has 0 aromatic carbocycles. The zero-order valence-corrected chi connectivity index (χ0v) is 12.7. The molecule has 2 N–H and O–H groups in total. The third kappa shape index (κ3) is 4.43. The van der Waals surface area contributed by atoms with Crippen molar-refractivity contribution in [2.75, 3.05) is 31.1 Å². The lowest BCUT2D eigenvalue weighted by Gasteiger charge is -2.38. The first-order chi connectivity index (χ1) is 8.70. The SMILES string of the molecule is CCCNC(C)(CN1CCS(=O)(=O)CC1C)C(=O)O. The zero-order valence-electron chi connectivity index (χ0n) is 11.8. The Balaban J connectivity index is 2.72. The third-order valence-corrected chi connectivity index (χ3v) is 5.36. The van der Waals surface area contributed by atoms with Crippen LogP contribution >= 0.6 is 0 Å². The predicted molar refractivity (Wildman–Crippen MR) is 74.0 cm³/mol. The topological polar surface area (TPSA) is 86.7 Å². The highest BCUT2D eigenvalue weighted by atomic mass is 32.2. The summed E-state index contributed by atoms with van der Waals surface area (Å²) in [6.07, 6.45) is 0.854. The van der Waals surface area contributed by atoms with Gasteiger partial charge in [-0.1, -0.05) is 6.92 Å². The van der Waals surface area contributed by atoms with Crippen LogP contribution in [0.15, 0.2) is 0 Å². The van der Waals surface area contributed by atoms with Gasteiger partial charge in [0.1, 0.15) is 5.54 Å². The summed E-state index contributed by atoms with van der Waals surface area (Å²) in [6.45, 7) is 6.81. The molecule has 1 aliphatic rings. The number of carbonyl (C=O) groups is 1. The van der Waals surface area contributed by atoms with Gasteiger partial charge in [0.2, 0.25) is 0 Å². The van der Waals surface area contributed by atoms with Crippen LogP contribution in [0.3, 0.4) is 0 Å². The van der Waals surface area contributed by atoms with Gasteiger partial charge in [-0.15, -0.1) is 0 Å². The van der Waals surface area contributed by atoms with Crippen LogP contribution in [0.2, 0.25) is 0 Å².